The fraction of sp³-hybridized carbons (Fsp3) is 0.167. The summed E-state index contributed by atoms with van der Waals surface area (Å²) in [5.41, 5.74) is 5.50. The van der Waals surface area contributed by atoms with Crippen LogP contribution in [-0.4, -0.2) is 19.9 Å². The molecule has 4 rings (SSSR count). The van der Waals surface area contributed by atoms with Gasteiger partial charge in [-0.3, -0.25) is 0 Å². The van der Waals surface area contributed by atoms with E-state index < -0.39 is 0 Å². The number of benzene rings is 2. The number of hydrogen-bond acceptors (Lipinski definition) is 7. The van der Waals surface area contributed by atoms with E-state index in [9.17, 15) is 0 Å². The van der Waals surface area contributed by atoms with Crippen molar-refractivity contribution in [2.24, 2.45) is 0 Å². The van der Waals surface area contributed by atoms with Crippen molar-refractivity contribution in [3.63, 3.8) is 0 Å². The molecule has 0 saturated heterocycles. The lowest BCUT2D eigenvalue weighted by Crippen LogP contribution is -2.00. The van der Waals surface area contributed by atoms with Gasteiger partial charge in [0, 0.05) is 34.2 Å². The van der Waals surface area contributed by atoms with Gasteiger partial charge in [-0.2, -0.15) is 0 Å². The molecule has 0 aliphatic rings. The summed E-state index contributed by atoms with van der Waals surface area (Å²) in [5.74, 6) is 2.65. The van der Waals surface area contributed by atoms with Crippen molar-refractivity contribution in [2.45, 2.75) is 27.7 Å². The summed E-state index contributed by atoms with van der Waals surface area (Å²) in [7, 11) is 0. The van der Waals surface area contributed by atoms with Crippen molar-refractivity contribution in [2.75, 3.05) is 10.6 Å². The van der Waals surface area contributed by atoms with Crippen LogP contribution in [0.3, 0.4) is 0 Å². The summed E-state index contributed by atoms with van der Waals surface area (Å²) in [6, 6.07) is 19.2. The van der Waals surface area contributed by atoms with Crippen molar-refractivity contribution in [1.29, 1.82) is 0 Å². The molecular formula is C24H24N6O. The standard InChI is InChI=1S/C24H24N6O/c1-15-13-16(2)26-23(25-15)29-19-5-9-21(10-6-19)31-22-11-7-20(8-12-22)30-24-27-17(3)14-18(4)28-24/h5-14H,1-4H3,(H,25,26,29)(H,27,28,30). The first kappa shape index (κ1) is 20.3. The van der Waals surface area contributed by atoms with E-state index in [0.29, 0.717) is 11.9 Å². The molecule has 7 heteroatoms. The van der Waals surface area contributed by atoms with E-state index in [4.69, 9.17) is 4.74 Å². The first-order valence-electron chi connectivity index (χ1n) is 9.99. The Labute approximate surface area is 181 Å². The van der Waals surface area contributed by atoms with Gasteiger partial charge in [-0.25, -0.2) is 19.9 Å². The molecule has 0 fully saturated rings. The third kappa shape index (κ3) is 5.54. The Morgan fingerprint density at radius 1 is 0.516 bits per heavy atom. The van der Waals surface area contributed by atoms with Crippen LogP contribution < -0.4 is 15.4 Å². The SMILES string of the molecule is Cc1cc(C)nc(Nc2ccc(Oc3ccc(Nc4nc(C)cc(C)n4)cc3)cc2)n1. The van der Waals surface area contributed by atoms with Crippen LogP contribution in [0.2, 0.25) is 0 Å². The summed E-state index contributed by atoms with van der Waals surface area (Å²) in [6.07, 6.45) is 0. The van der Waals surface area contributed by atoms with E-state index in [-0.39, 0.29) is 0 Å². The predicted molar refractivity (Wildman–Crippen MR) is 123 cm³/mol. The van der Waals surface area contributed by atoms with Crippen molar-refractivity contribution in [3.05, 3.63) is 83.4 Å². The molecule has 2 aromatic carbocycles. The fourth-order valence-corrected chi connectivity index (χ4v) is 3.17. The van der Waals surface area contributed by atoms with Crippen molar-refractivity contribution in [3.8, 4) is 11.5 Å². The molecule has 0 saturated carbocycles. The quantitative estimate of drug-likeness (QED) is 0.415. The maximum atomic E-state index is 5.95. The van der Waals surface area contributed by atoms with Crippen LogP contribution in [-0.2, 0) is 0 Å². The zero-order chi connectivity index (χ0) is 21.8. The highest BCUT2D eigenvalue weighted by molar-refractivity contribution is 5.56. The summed E-state index contributed by atoms with van der Waals surface area (Å²) in [5, 5.41) is 6.43. The molecule has 7 nitrogen and oxygen atoms in total. The highest BCUT2D eigenvalue weighted by Gasteiger charge is 2.04. The Kier molecular flexibility index (Phi) is 5.75. The number of aromatic nitrogens is 4. The monoisotopic (exact) mass is 412 g/mol. The molecular weight excluding hydrogens is 388 g/mol. The van der Waals surface area contributed by atoms with E-state index in [1.165, 1.54) is 0 Å². The van der Waals surface area contributed by atoms with Crippen LogP contribution in [0.5, 0.6) is 11.5 Å². The van der Waals surface area contributed by atoms with Gasteiger partial charge in [0.05, 0.1) is 0 Å². The lowest BCUT2D eigenvalue weighted by molar-refractivity contribution is 0.483. The molecule has 0 unspecified atom stereocenters. The zero-order valence-corrected chi connectivity index (χ0v) is 18.0. The highest BCUT2D eigenvalue weighted by atomic mass is 16.5. The number of ether oxygens (including phenoxy) is 1. The Morgan fingerprint density at radius 2 is 0.839 bits per heavy atom. The Bertz CT molecular complexity index is 1050. The van der Waals surface area contributed by atoms with Crippen molar-refractivity contribution < 1.29 is 4.74 Å². The summed E-state index contributed by atoms with van der Waals surface area (Å²) in [4.78, 5) is 17.6. The van der Waals surface area contributed by atoms with Crippen LogP contribution in [0.15, 0.2) is 60.7 Å². The van der Waals surface area contributed by atoms with E-state index in [0.717, 1.165) is 45.6 Å². The first-order chi connectivity index (χ1) is 14.9. The third-order valence-electron chi connectivity index (χ3n) is 4.42. The normalized spacial score (nSPS) is 10.6. The van der Waals surface area contributed by atoms with Crippen LogP contribution in [0.4, 0.5) is 23.3 Å². The van der Waals surface area contributed by atoms with Gasteiger partial charge in [0.2, 0.25) is 11.9 Å². The smallest absolute Gasteiger partial charge is 0.227 e. The molecule has 2 aromatic heterocycles. The minimum absolute atomic E-state index is 0.585. The molecule has 0 spiro atoms. The molecule has 0 amide bonds. The van der Waals surface area contributed by atoms with Gasteiger partial charge in [-0.1, -0.05) is 0 Å². The van der Waals surface area contributed by atoms with Crippen LogP contribution in [0.25, 0.3) is 0 Å². The maximum Gasteiger partial charge on any atom is 0.227 e. The number of nitrogens with zero attached hydrogens (tertiary/aromatic N) is 4. The average Bonchev–Trinajstić information content (AvgIpc) is 2.69. The van der Waals surface area contributed by atoms with Crippen molar-refractivity contribution >= 4 is 23.3 Å². The molecule has 0 aliphatic carbocycles. The molecule has 2 heterocycles. The minimum atomic E-state index is 0.585. The van der Waals surface area contributed by atoms with Gasteiger partial charge in [-0.05, 0) is 88.4 Å². The second-order valence-electron chi connectivity index (χ2n) is 7.35. The second-order valence-corrected chi connectivity index (χ2v) is 7.35. The van der Waals surface area contributed by atoms with Gasteiger partial charge in [0.25, 0.3) is 0 Å². The molecule has 0 bridgehead atoms. The van der Waals surface area contributed by atoms with Crippen LogP contribution in [0.1, 0.15) is 22.8 Å². The molecule has 2 N–H and O–H groups in total. The Morgan fingerprint density at radius 3 is 1.16 bits per heavy atom. The van der Waals surface area contributed by atoms with Gasteiger partial charge in [-0.15, -0.1) is 0 Å². The number of rotatable bonds is 6. The number of hydrogen-bond donors (Lipinski definition) is 2. The van der Waals surface area contributed by atoms with E-state index >= 15 is 0 Å². The topological polar surface area (TPSA) is 84.9 Å². The van der Waals surface area contributed by atoms with Crippen molar-refractivity contribution in [1.82, 2.24) is 19.9 Å². The Balaban J connectivity index is 1.38. The van der Waals surface area contributed by atoms with E-state index in [1.807, 2.05) is 88.4 Å². The minimum Gasteiger partial charge on any atom is -0.457 e. The lowest BCUT2D eigenvalue weighted by Gasteiger charge is -2.10. The molecule has 4 aromatic rings. The number of nitrogens with one attached hydrogen (secondary N) is 2. The average molecular weight is 412 g/mol. The molecule has 0 aliphatic heterocycles. The maximum absolute atomic E-state index is 5.95. The second kappa shape index (κ2) is 8.79. The summed E-state index contributed by atoms with van der Waals surface area (Å²) >= 11 is 0. The third-order valence-corrected chi connectivity index (χ3v) is 4.42. The summed E-state index contributed by atoms with van der Waals surface area (Å²) < 4.78 is 5.95. The zero-order valence-electron chi connectivity index (χ0n) is 18.0. The largest absolute Gasteiger partial charge is 0.457 e. The van der Waals surface area contributed by atoms with Gasteiger partial charge in [0.15, 0.2) is 0 Å². The Hall–Kier alpha value is -4.00. The van der Waals surface area contributed by atoms with Gasteiger partial charge >= 0.3 is 0 Å². The first-order valence-corrected chi connectivity index (χ1v) is 9.99. The highest BCUT2D eigenvalue weighted by Crippen LogP contribution is 2.26. The van der Waals surface area contributed by atoms with E-state index in [1.54, 1.807) is 0 Å². The van der Waals surface area contributed by atoms with E-state index in [2.05, 4.69) is 30.6 Å². The number of anilines is 4. The predicted octanol–water partition coefficient (Wildman–Crippen LogP) is 5.78. The van der Waals surface area contributed by atoms with Gasteiger partial charge in [0.1, 0.15) is 11.5 Å². The number of aryl methyl sites for hydroxylation is 4. The molecule has 31 heavy (non-hydrogen) atoms. The van der Waals surface area contributed by atoms with Gasteiger partial charge < -0.3 is 15.4 Å². The van der Waals surface area contributed by atoms with Crippen LogP contribution in [0, 0.1) is 27.7 Å². The molecule has 156 valence electrons. The van der Waals surface area contributed by atoms with Crippen LogP contribution >= 0.6 is 0 Å². The molecule has 0 atom stereocenters. The summed E-state index contributed by atoms with van der Waals surface area (Å²) in [6.45, 7) is 7.80. The lowest BCUT2D eigenvalue weighted by atomic mass is 10.3. The fourth-order valence-electron chi connectivity index (χ4n) is 3.17. The molecule has 0 radical (unpaired) electrons.